The molecule has 25 heavy (non-hydrogen) atoms. The Balaban J connectivity index is 2.70. The van der Waals surface area contributed by atoms with E-state index in [2.05, 4.69) is 17.6 Å². The van der Waals surface area contributed by atoms with E-state index in [0.717, 1.165) is 31.2 Å². The van der Waals surface area contributed by atoms with E-state index in [1.807, 2.05) is 30.3 Å². The van der Waals surface area contributed by atoms with Crippen LogP contribution in [0.2, 0.25) is 0 Å². The Kier molecular flexibility index (Phi) is 9.29. The highest BCUT2D eigenvalue weighted by Gasteiger charge is 2.24. The standard InChI is InChI=1S/C19H29N3O3/c1-3-4-5-9-12-16(18(20)24)22-19(25)17(21-14(2)23)13-15-10-7-6-8-11-15/h6-8,10-11,16-17H,3-5,9,12-13H2,1-2H3,(H2,20,24)(H,21,23)(H,22,25)/t16-,17+/m0/s1. The number of unbranched alkanes of at least 4 members (excludes halogenated alkanes) is 3. The van der Waals surface area contributed by atoms with Crippen LogP contribution >= 0.6 is 0 Å². The zero-order valence-corrected chi connectivity index (χ0v) is 15.1. The molecule has 3 amide bonds. The second kappa shape index (κ2) is 11.2. The number of carbonyl (C=O) groups is 3. The normalized spacial score (nSPS) is 12.9. The Morgan fingerprint density at radius 3 is 2.24 bits per heavy atom. The zero-order chi connectivity index (χ0) is 18.7. The van der Waals surface area contributed by atoms with E-state index >= 15 is 0 Å². The van der Waals surface area contributed by atoms with Gasteiger partial charge in [0.1, 0.15) is 12.1 Å². The van der Waals surface area contributed by atoms with Crippen LogP contribution in [0.1, 0.15) is 51.5 Å². The molecule has 0 fully saturated rings. The minimum absolute atomic E-state index is 0.297. The lowest BCUT2D eigenvalue weighted by Crippen LogP contribution is -2.53. The molecular formula is C19H29N3O3. The molecule has 1 rings (SSSR count). The first-order chi connectivity index (χ1) is 11.9. The smallest absolute Gasteiger partial charge is 0.243 e. The molecule has 2 atom stereocenters. The van der Waals surface area contributed by atoms with Crippen molar-refractivity contribution in [2.24, 2.45) is 5.73 Å². The Hall–Kier alpha value is -2.37. The molecule has 0 heterocycles. The largest absolute Gasteiger partial charge is 0.368 e. The molecule has 6 heteroatoms. The summed E-state index contributed by atoms with van der Waals surface area (Å²) in [6.45, 7) is 3.47. The summed E-state index contributed by atoms with van der Waals surface area (Å²) >= 11 is 0. The summed E-state index contributed by atoms with van der Waals surface area (Å²) in [7, 11) is 0. The average Bonchev–Trinajstić information content (AvgIpc) is 2.57. The van der Waals surface area contributed by atoms with Crippen LogP contribution in [-0.4, -0.2) is 29.8 Å². The number of nitrogens with one attached hydrogen (secondary N) is 2. The number of amides is 3. The molecule has 1 aromatic rings. The summed E-state index contributed by atoms with van der Waals surface area (Å²) in [4.78, 5) is 35.6. The molecular weight excluding hydrogens is 318 g/mol. The van der Waals surface area contributed by atoms with E-state index in [-0.39, 0.29) is 5.91 Å². The third kappa shape index (κ3) is 8.33. The van der Waals surface area contributed by atoms with Crippen molar-refractivity contribution in [2.45, 2.75) is 64.5 Å². The van der Waals surface area contributed by atoms with Crippen molar-refractivity contribution < 1.29 is 14.4 Å². The van der Waals surface area contributed by atoms with Crippen molar-refractivity contribution in [3.63, 3.8) is 0 Å². The Labute approximate surface area is 149 Å². The van der Waals surface area contributed by atoms with Crippen molar-refractivity contribution in [2.75, 3.05) is 0 Å². The van der Waals surface area contributed by atoms with Crippen LogP contribution in [0.3, 0.4) is 0 Å². The van der Waals surface area contributed by atoms with Crippen LogP contribution in [0.4, 0.5) is 0 Å². The van der Waals surface area contributed by atoms with Crippen molar-refractivity contribution in [1.82, 2.24) is 10.6 Å². The van der Waals surface area contributed by atoms with Gasteiger partial charge in [-0.25, -0.2) is 0 Å². The highest BCUT2D eigenvalue weighted by molar-refractivity contribution is 5.91. The zero-order valence-electron chi connectivity index (χ0n) is 15.1. The van der Waals surface area contributed by atoms with Crippen molar-refractivity contribution in [3.8, 4) is 0 Å². The molecule has 0 bridgehead atoms. The SMILES string of the molecule is CCCCCC[C@H](NC(=O)[C@@H](Cc1ccccc1)NC(C)=O)C(N)=O. The number of rotatable bonds is 11. The molecule has 138 valence electrons. The van der Waals surface area contributed by atoms with Gasteiger partial charge in [-0.3, -0.25) is 14.4 Å². The number of carbonyl (C=O) groups excluding carboxylic acids is 3. The molecule has 0 spiro atoms. The first-order valence-corrected chi connectivity index (χ1v) is 8.84. The fourth-order valence-electron chi connectivity index (χ4n) is 2.64. The van der Waals surface area contributed by atoms with Gasteiger partial charge >= 0.3 is 0 Å². The van der Waals surface area contributed by atoms with Crippen LogP contribution in [0.5, 0.6) is 0 Å². The van der Waals surface area contributed by atoms with Crippen LogP contribution in [-0.2, 0) is 20.8 Å². The topological polar surface area (TPSA) is 101 Å². The lowest BCUT2D eigenvalue weighted by atomic mass is 10.0. The maximum atomic E-state index is 12.6. The number of hydrogen-bond donors (Lipinski definition) is 3. The minimum atomic E-state index is -0.739. The van der Waals surface area contributed by atoms with Gasteiger partial charge in [0.2, 0.25) is 17.7 Å². The molecule has 1 aromatic carbocycles. The van der Waals surface area contributed by atoms with Crippen LogP contribution < -0.4 is 16.4 Å². The Bertz CT molecular complexity index is 560. The fraction of sp³-hybridized carbons (Fsp3) is 0.526. The van der Waals surface area contributed by atoms with E-state index < -0.39 is 23.9 Å². The van der Waals surface area contributed by atoms with Crippen LogP contribution in [0, 0.1) is 0 Å². The molecule has 0 saturated carbocycles. The molecule has 6 nitrogen and oxygen atoms in total. The summed E-state index contributed by atoms with van der Waals surface area (Å²) in [5.41, 5.74) is 6.34. The van der Waals surface area contributed by atoms with E-state index in [1.54, 1.807) is 0 Å². The van der Waals surface area contributed by atoms with E-state index in [0.29, 0.717) is 12.8 Å². The van der Waals surface area contributed by atoms with Gasteiger partial charge in [-0.15, -0.1) is 0 Å². The average molecular weight is 347 g/mol. The number of benzene rings is 1. The van der Waals surface area contributed by atoms with Gasteiger partial charge < -0.3 is 16.4 Å². The van der Waals surface area contributed by atoms with Crippen molar-refractivity contribution in [3.05, 3.63) is 35.9 Å². The second-order valence-electron chi connectivity index (χ2n) is 6.26. The van der Waals surface area contributed by atoms with Gasteiger partial charge in [-0.05, 0) is 12.0 Å². The molecule has 4 N–H and O–H groups in total. The van der Waals surface area contributed by atoms with Gasteiger partial charge in [0.05, 0.1) is 0 Å². The molecule has 0 radical (unpaired) electrons. The molecule has 0 aliphatic rings. The maximum absolute atomic E-state index is 12.6. The van der Waals surface area contributed by atoms with Crippen molar-refractivity contribution in [1.29, 1.82) is 0 Å². The first-order valence-electron chi connectivity index (χ1n) is 8.84. The van der Waals surface area contributed by atoms with Crippen LogP contribution in [0.15, 0.2) is 30.3 Å². The quantitative estimate of drug-likeness (QED) is 0.531. The third-order valence-corrected chi connectivity index (χ3v) is 3.98. The van der Waals surface area contributed by atoms with Gasteiger partial charge in [-0.1, -0.05) is 62.9 Å². The Morgan fingerprint density at radius 2 is 1.68 bits per heavy atom. The summed E-state index contributed by atoms with van der Waals surface area (Å²) in [6.07, 6.45) is 4.87. The lowest BCUT2D eigenvalue weighted by Gasteiger charge is -2.21. The highest BCUT2D eigenvalue weighted by Crippen LogP contribution is 2.08. The van der Waals surface area contributed by atoms with Gasteiger partial charge in [0, 0.05) is 13.3 Å². The van der Waals surface area contributed by atoms with Crippen LogP contribution in [0.25, 0.3) is 0 Å². The fourth-order valence-corrected chi connectivity index (χ4v) is 2.64. The summed E-state index contributed by atoms with van der Waals surface area (Å²) in [5.74, 6) is -1.24. The van der Waals surface area contributed by atoms with E-state index in [4.69, 9.17) is 5.73 Å². The van der Waals surface area contributed by atoms with Gasteiger partial charge in [0.25, 0.3) is 0 Å². The molecule has 0 unspecified atom stereocenters. The summed E-state index contributed by atoms with van der Waals surface area (Å²) < 4.78 is 0. The lowest BCUT2D eigenvalue weighted by molar-refractivity contribution is -0.130. The first kappa shape index (κ1) is 20.7. The summed E-state index contributed by atoms with van der Waals surface area (Å²) in [5, 5.41) is 5.34. The predicted molar refractivity (Wildman–Crippen MR) is 97.6 cm³/mol. The molecule has 0 saturated heterocycles. The Morgan fingerprint density at radius 1 is 1.00 bits per heavy atom. The predicted octanol–water partition coefficient (Wildman–Crippen LogP) is 1.67. The number of primary amides is 1. The van der Waals surface area contributed by atoms with Gasteiger partial charge in [-0.2, -0.15) is 0 Å². The highest BCUT2D eigenvalue weighted by atomic mass is 16.2. The minimum Gasteiger partial charge on any atom is -0.368 e. The second-order valence-corrected chi connectivity index (χ2v) is 6.26. The third-order valence-electron chi connectivity index (χ3n) is 3.98. The maximum Gasteiger partial charge on any atom is 0.243 e. The van der Waals surface area contributed by atoms with E-state index in [9.17, 15) is 14.4 Å². The summed E-state index contributed by atoms with van der Waals surface area (Å²) in [6, 6.07) is 7.96. The monoisotopic (exact) mass is 347 g/mol. The molecule has 0 aromatic heterocycles. The molecule has 0 aliphatic heterocycles. The van der Waals surface area contributed by atoms with E-state index in [1.165, 1.54) is 6.92 Å². The van der Waals surface area contributed by atoms with Crippen molar-refractivity contribution >= 4 is 17.7 Å². The number of nitrogens with two attached hydrogens (primary N) is 1. The number of hydrogen-bond acceptors (Lipinski definition) is 3. The van der Waals surface area contributed by atoms with Gasteiger partial charge in [0.15, 0.2) is 0 Å². The molecule has 0 aliphatic carbocycles.